The van der Waals surface area contributed by atoms with Crippen molar-refractivity contribution in [3.8, 4) is 5.75 Å². The minimum Gasteiger partial charge on any atom is -0.508 e. The van der Waals surface area contributed by atoms with Gasteiger partial charge in [-0.2, -0.15) is 0 Å². The molecule has 3 rings (SSSR count). The van der Waals surface area contributed by atoms with Gasteiger partial charge in [0.05, 0.1) is 25.7 Å². The molecule has 0 saturated carbocycles. The van der Waals surface area contributed by atoms with Gasteiger partial charge in [-0.05, 0) is 53.0 Å². The van der Waals surface area contributed by atoms with Crippen LogP contribution in [0.5, 0.6) is 5.75 Å². The predicted octanol–water partition coefficient (Wildman–Crippen LogP) is 4.08. The van der Waals surface area contributed by atoms with E-state index in [1.807, 2.05) is 57.2 Å². The van der Waals surface area contributed by atoms with Gasteiger partial charge in [0.1, 0.15) is 36.5 Å². The molecule has 3 aromatic carbocycles. The van der Waals surface area contributed by atoms with Crippen LogP contribution in [0, 0.1) is 17.8 Å². The van der Waals surface area contributed by atoms with E-state index in [1.54, 1.807) is 57.2 Å². The number of nitrogens with one attached hydrogen (secondary N) is 5. The molecule has 0 heterocycles. The first-order valence-electron chi connectivity index (χ1n) is 20.8. The number of hydrogen-bond acceptors (Lipinski definition) is 10. The average molecular weight is 846 g/mol. The Bertz CT molecular complexity index is 1860. The summed E-state index contributed by atoms with van der Waals surface area (Å²) in [5.41, 5.74) is 2.16. The molecule has 7 N–H and O–H groups in total. The number of carbonyl (C=O) groups is 6. The number of aliphatic hydroxyl groups excluding tert-OH is 1. The number of aromatic hydroxyl groups is 1. The Kier molecular flexibility index (Phi) is 20.2. The monoisotopic (exact) mass is 845 g/mol. The van der Waals surface area contributed by atoms with Crippen LogP contribution in [-0.4, -0.2) is 89.3 Å². The quantitative estimate of drug-likeness (QED) is 0.0678. The third-order valence-corrected chi connectivity index (χ3v) is 10.3. The summed E-state index contributed by atoms with van der Waals surface area (Å²) in [7, 11) is 1.23. The predicted molar refractivity (Wildman–Crippen MR) is 230 cm³/mol. The number of alkyl carbamates (subject to hydrolysis) is 1. The summed E-state index contributed by atoms with van der Waals surface area (Å²) < 4.78 is 10.3. The van der Waals surface area contributed by atoms with Crippen molar-refractivity contribution < 1.29 is 48.5 Å². The lowest BCUT2D eigenvalue weighted by atomic mass is 9.94. The van der Waals surface area contributed by atoms with Crippen molar-refractivity contribution in [1.82, 2.24) is 26.6 Å². The second kappa shape index (κ2) is 25.0. The average Bonchev–Trinajstić information content (AvgIpc) is 3.23. The van der Waals surface area contributed by atoms with E-state index in [9.17, 15) is 39.0 Å². The van der Waals surface area contributed by atoms with Gasteiger partial charge in [0.15, 0.2) is 0 Å². The number of benzene rings is 3. The minimum absolute atomic E-state index is 0.00875. The SMILES string of the molecule is CCC(C)[C@H](NC(=O)C[C@H](O)[C@H](CC(C)C)NC(=O)[C@@H](NC(=O)[C@H](Cc1ccc(O)cc1)NC(=O)OCc1ccccc1)C(C)C)C(=O)N[C@@H](Cc1ccccc1)C(=O)OC. The van der Waals surface area contributed by atoms with E-state index in [0.29, 0.717) is 12.0 Å². The molecule has 0 saturated heterocycles. The third kappa shape index (κ3) is 16.9. The Morgan fingerprint density at radius 1 is 0.639 bits per heavy atom. The van der Waals surface area contributed by atoms with Crippen molar-refractivity contribution in [3.63, 3.8) is 0 Å². The second-order valence-electron chi connectivity index (χ2n) is 16.1. The van der Waals surface area contributed by atoms with Gasteiger partial charge in [0.2, 0.25) is 23.6 Å². The molecule has 0 aliphatic carbocycles. The summed E-state index contributed by atoms with van der Waals surface area (Å²) in [5.74, 6) is -3.98. The number of aliphatic hydroxyl groups is 1. The third-order valence-electron chi connectivity index (χ3n) is 10.3. The van der Waals surface area contributed by atoms with Crippen molar-refractivity contribution in [1.29, 1.82) is 0 Å². The lowest BCUT2D eigenvalue weighted by molar-refractivity contribution is -0.145. The standard InChI is InChI=1S/C46H63N5O10/c1-8-30(6)41(44(57)48-37(45(58)60-7)25-31-15-11-9-12-16-31)50-39(54)26-38(53)35(23-28(2)3)47-43(56)40(29(4)5)51-42(55)36(24-32-19-21-34(52)22-20-32)49-46(59)61-27-33-17-13-10-14-18-33/h9-22,28-30,35-38,40-41,52-53H,8,23-27H2,1-7H3,(H,47,56)(H,48,57)(H,49,59)(H,50,54)(H,51,55)/t30?,35-,36-,37-,38-,40-,41-/m0/s1. The number of rotatable bonds is 23. The molecule has 0 spiro atoms. The van der Waals surface area contributed by atoms with Gasteiger partial charge in [-0.15, -0.1) is 0 Å². The van der Waals surface area contributed by atoms with Gasteiger partial charge < -0.3 is 46.3 Å². The number of carbonyl (C=O) groups excluding carboxylic acids is 6. The van der Waals surface area contributed by atoms with Gasteiger partial charge in [0.25, 0.3) is 0 Å². The van der Waals surface area contributed by atoms with Crippen LogP contribution >= 0.6 is 0 Å². The molecule has 7 atom stereocenters. The largest absolute Gasteiger partial charge is 0.508 e. The lowest BCUT2D eigenvalue weighted by Gasteiger charge is -2.31. The summed E-state index contributed by atoms with van der Waals surface area (Å²) in [5, 5.41) is 34.9. The van der Waals surface area contributed by atoms with Crippen LogP contribution in [-0.2, 0) is 52.9 Å². The van der Waals surface area contributed by atoms with Gasteiger partial charge in [-0.1, -0.05) is 121 Å². The molecular formula is C46H63N5O10. The molecule has 0 radical (unpaired) electrons. The summed E-state index contributed by atoms with van der Waals surface area (Å²) >= 11 is 0. The molecule has 0 bridgehead atoms. The smallest absolute Gasteiger partial charge is 0.408 e. The van der Waals surface area contributed by atoms with Crippen molar-refractivity contribution in [2.24, 2.45) is 17.8 Å². The second-order valence-corrected chi connectivity index (χ2v) is 16.1. The Morgan fingerprint density at radius 3 is 1.75 bits per heavy atom. The summed E-state index contributed by atoms with van der Waals surface area (Å²) in [6.07, 6.45) is -1.75. The van der Waals surface area contributed by atoms with Crippen molar-refractivity contribution in [2.75, 3.05) is 7.11 Å². The van der Waals surface area contributed by atoms with Crippen LogP contribution in [0.3, 0.4) is 0 Å². The first kappa shape index (κ1) is 49.4. The molecule has 3 aromatic rings. The number of phenolic OH excluding ortho intramolecular Hbond substituents is 1. The van der Waals surface area contributed by atoms with E-state index in [2.05, 4.69) is 26.6 Å². The molecule has 0 aliphatic heterocycles. The van der Waals surface area contributed by atoms with E-state index < -0.39 is 84.3 Å². The van der Waals surface area contributed by atoms with Gasteiger partial charge in [-0.25, -0.2) is 9.59 Å². The van der Waals surface area contributed by atoms with Crippen molar-refractivity contribution in [3.05, 3.63) is 102 Å². The molecule has 0 fully saturated rings. The summed E-state index contributed by atoms with van der Waals surface area (Å²) in [6.45, 7) is 10.8. The molecule has 332 valence electrons. The number of esters is 1. The molecule has 0 aromatic heterocycles. The lowest BCUT2D eigenvalue weighted by Crippen LogP contribution is -2.58. The highest BCUT2D eigenvalue weighted by Gasteiger charge is 2.35. The number of amides is 5. The van der Waals surface area contributed by atoms with Gasteiger partial charge >= 0.3 is 12.1 Å². The zero-order valence-corrected chi connectivity index (χ0v) is 36.2. The maximum absolute atomic E-state index is 13.9. The first-order chi connectivity index (χ1) is 29.0. The molecule has 5 amide bonds. The van der Waals surface area contributed by atoms with E-state index in [0.717, 1.165) is 11.1 Å². The summed E-state index contributed by atoms with van der Waals surface area (Å²) in [4.78, 5) is 80.5. The maximum Gasteiger partial charge on any atom is 0.408 e. The number of methoxy groups -OCH3 is 1. The van der Waals surface area contributed by atoms with E-state index in [4.69, 9.17) is 9.47 Å². The van der Waals surface area contributed by atoms with Crippen LogP contribution in [0.15, 0.2) is 84.9 Å². The Balaban J connectivity index is 1.73. The van der Waals surface area contributed by atoms with Crippen LogP contribution in [0.4, 0.5) is 4.79 Å². The van der Waals surface area contributed by atoms with Crippen molar-refractivity contribution in [2.45, 2.75) is 117 Å². The molecular weight excluding hydrogens is 783 g/mol. The van der Waals surface area contributed by atoms with E-state index in [-0.39, 0.29) is 43.5 Å². The Labute approximate surface area is 358 Å². The normalized spacial score (nSPS) is 14.6. The highest BCUT2D eigenvalue weighted by molar-refractivity contribution is 5.92. The Morgan fingerprint density at radius 2 is 1.20 bits per heavy atom. The first-order valence-corrected chi connectivity index (χ1v) is 20.8. The number of phenols is 1. The highest BCUT2D eigenvalue weighted by atomic mass is 16.5. The number of hydrogen-bond donors (Lipinski definition) is 7. The molecule has 15 heteroatoms. The molecule has 1 unspecified atom stereocenters. The van der Waals surface area contributed by atoms with E-state index in [1.165, 1.54) is 19.2 Å². The van der Waals surface area contributed by atoms with Crippen LogP contribution in [0.1, 0.15) is 77.5 Å². The number of ether oxygens (including phenoxy) is 2. The molecule has 15 nitrogen and oxygen atoms in total. The van der Waals surface area contributed by atoms with Crippen LogP contribution in [0.25, 0.3) is 0 Å². The summed E-state index contributed by atoms with van der Waals surface area (Å²) in [6, 6.07) is 18.9. The fourth-order valence-electron chi connectivity index (χ4n) is 6.58. The highest BCUT2D eigenvalue weighted by Crippen LogP contribution is 2.17. The van der Waals surface area contributed by atoms with E-state index >= 15 is 0 Å². The molecule has 0 aliphatic rings. The molecule has 61 heavy (non-hydrogen) atoms. The topological polar surface area (TPSA) is 221 Å². The fourth-order valence-corrected chi connectivity index (χ4v) is 6.58. The minimum atomic E-state index is -1.39. The zero-order chi connectivity index (χ0) is 45.1. The van der Waals surface area contributed by atoms with Gasteiger partial charge in [0, 0.05) is 12.8 Å². The Hall–Kier alpha value is -5.96. The van der Waals surface area contributed by atoms with Crippen LogP contribution < -0.4 is 26.6 Å². The fraction of sp³-hybridized carbons (Fsp3) is 0.478. The van der Waals surface area contributed by atoms with Gasteiger partial charge in [-0.3, -0.25) is 19.2 Å². The van der Waals surface area contributed by atoms with Crippen LogP contribution in [0.2, 0.25) is 0 Å². The van der Waals surface area contributed by atoms with Crippen molar-refractivity contribution >= 4 is 35.7 Å². The zero-order valence-electron chi connectivity index (χ0n) is 36.2. The maximum atomic E-state index is 13.9.